The molecule has 0 radical (unpaired) electrons. The summed E-state index contributed by atoms with van der Waals surface area (Å²) in [6.45, 7) is 0. The normalized spacial score (nSPS) is 10.1. The summed E-state index contributed by atoms with van der Waals surface area (Å²) in [7, 11) is 3.17. The topological polar surface area (TPSA) is 18.5 Å². The molecule has 0 unspecified atom stereocenters. The van der Waals surface area contributed by atoms with Gasteiger partial charge in [-0.1, -0.05) is 12.1 Å². The first kappa shape index (κ1) is 11.5. The summed E-state index contributed by atoms with van der Waals surface area (Å²) in [5, 5.41) is 0. The number of methoxy groups -OCH3 is 2. The molecule has 0 spiro atoms. The van der Waals surface area contributed by atoms with Crippen LogP contribution in [-0.2, 0) is 0 Å². The molecule has 0 saturated carbocycles. The van der Waals surface area contributed by atoms with Gasteiger partial charge in [0.15, 0.2) is 0 Å². The molecule has 0 aliphatic carbocycles. The molecule has 0 aliphatic heterocycles. The lowest BCUT2D eigenvalue weighted by Crippen LogP contribution is -1.90. The molecule has 0 amide bonds. The smallest absolute Gasteiger partial charge is 0.130 e. The average molecular weight is 232 g/mol. The minimum Gasteiger partial charge on any atom is -0.497 e. The van der Waals surface area contributed by atoms with Crippen LogP contribution in [-0.4, -0.2) is 14.2 Å². The van der Waals surface area contributed by atoms with Crippen LogP contribution in [0.1, 0.15) is 0 Å². The zero-order chi connectivity index (χ0) is 12.3. The van der Waals surface area contributed by atoms with Crippen LogP contribution in [0.2, 0.25) is 0 Å². The number of benzene rings is 2. The van der Waals surface area contributed by atoms with Crippen LogP contribution in [0.25, 0.3) is 11.1 Å². The molecule has 17 heavy (non-hydrogen) atoms. The van der Waals surface area contributed by atoms with E-state index in [1.807, 2.05) is 18.2 Å². The fourth-order valence-corrected chi connectivity index (χ4v) is 1.69. The molecular weight excluding hydrogens is 219 g/mol. The maximum absolute atomic E-state index is 13.2. The largest absolute Gasteiger partial charge is 0.497 e. The fourth-order valence-electron chi connectivity index (χ4n) is 1.69. The lowest BCUT2D eigenvalue weighted by atomic mass is 10.0. The molecule has 0 aliphatic rings. The van der Waals surface area contributed by atoms with Crippen molar-refractivity contribution in [3.8, 4) is 22.6 Å². The predicted octanol–water partition coefficient (Wildman–Crippen LogP) is 3.51. The van der Waals surface area contributed by atoms with Gasteiger partial charge in [0.05, 0.1) is 14.2 Å². The molecule has 2 nitrogen and oxygen atoms in total. The van der Waals surface area contributed by atoms with Crippen molar-refractivity contribution >= 4 is 0 Å². The highest BCUT2D eigenvalue weighted by Crippen LogP contribution is 2.33. The molecule has 88 valence electrons. The van der Waals surface area contributed by atoms with Crippen LogP contribution < -0.4 is 9.47 Å². The Balaban J connectivity index is 2.51. The molecule has 2 rings (SSSR count). The SMILES string of the molecule is COc1ccc(-c2cccc(F)c2)c(OC)c1. The van der Waals surface area contributed by atoms with Crippen LogP contribution >= 0.6 is 0 Å². The molecule has 2 aromatic carbocycles. The summed E-state index contributed by atoms with van der Waals surface area (Å²) in [5.41, 5.74) is 1.62. The van der Waals surface area contributed by atoms with Crippen LogP contribution in [0, 0.1) is 5.82 Å². The third kappa shape index (κ3) is 2.38. The maximum atomic E-state index is 13.2. The van der Waals surface area contributed by atoms with Gasteiger partial charge in [0, 0.05) is 11.6 Å². The van der Waals surface area contributed by atoms with E-state index in [0.29, 0.717) is 11.5 Å². The first-order chi connectivity index (χ1) is 8.24. The third-order valence-corrected chi connectivity index (χ3v) is 2.54. The lowest BCUT2D eigenvalue weighted by Gasteiger charge is -2.10. The summed E-state index contributed by atoms with van der Waals surface area (Å²) >= 11 is 0. The van der Waals surface area contributed by atoms with Gasteiger partial charge in [-0.2, -0.15) is 0 Å². The Labute approximate surface area is 99.6 Å². The van der Waals surface area contributed by atoms with Gasteiger partial charge in [-0.05, 0) is 29.8 Å². The lowest BCUT2D eigenvalue weighted by molar-refractivity contribution is 0.395. The summed E-state index contributed by atoms with van der Waals surface area (Å²) < 4.78 is 23.6. The number of hydrogen-bond acceptors (Lipinski definition) is 2. The molecule has 0 bridgehead atoms. The highest BCUT2D eigenvalue weighted by atomic mass is 19.1. The van der Waals surface area contributed by atoms with Crippen molar-refractivity contribution < 1.29 is 13.9 Å². The standard InChI is InChI=1S/C14H13FO2/c1-16-12-6-7-13(14(9-12)17-2)10-4-3-5-11(15)8-10/h3-9H,1-2H3. The minimum atomic E-state index is -0.264. The minimum absolute atomic E-state index is 0.264. The van der Waals surface area contributed by atoms with Gasteiger partial charge in [-0.15, -0.1) is 0 Å². The van der Waals surface area contributed by atoms with Crippen molar-refractivity contribution in [1.82, 2.24) is 0 Å². The van der Waals surface area contributed by atoms with Crippen LogP contribution in [0.15, 0.2) is 42.5 Å². The highest BCUT2D eigenvalue weighted by Gasteiger charge is 2.07. The van der Waals surface area contributed by atoms with Gasteiger partial charge in [-0.25, -0.2) is 4.39 Å². The van der Waals surface area contributed by atoms with Gasteiger partial charge >= 0.3 is 0 Å². The maximum Gasteiger partial charge on any atom is 0.130 e. The van der Waals surface area contributed by atoms with E-state index in [1.54, 1.807) is 26.4 Å². The Hall–Kier alpha value is -2.03. The average Bonchev–Trinajstić information content (AvgIpc) is 2.38. The van der Waals surface area contributed by atoms with Crippen molar-refractivity contribution in [2.24, 2.45) is 0 Å². The first-order valence-corrected chi connectivity index (χ1v) is 5.22. The van der Waals surface area contributed by atoms with Crippen molar-refractivity contribution in [3.05, 3.63) is 48.3 Å². The number of halogens is 1. The fraction of sp³-hybridized carbons (Fsp3) is 0.143. The summed E-state index contributed by atoms with van der Waals surface area (Å²) in [5.74, 6) is 1.11. The first-order valence-electron chi connectivity index (χ1n) is 5.22. The van der Waals surface area contributed by atoms with E-state index in [9.17, 15) is 4.39 Å². The predicted molar refractivity (Wildman–Crippen MR) is 64.9 cm³/mol. The third-order valence-electron chi connectivity index (χ3n) is 2.54. The van der Waals surface area contributed by atoms with Crippen LogP contribution in [0.3, 0.4) is 0 Å². The Morgan fingerprint density at radius 3 is 2.41 bits per heavy atom. The molecule has 0 N–H and O–H groups in total. The van der Waals surface area contributed by atoms with E-state index < -0.39 is 0 Å². The monoisotopic (exact) mass is 232 g/mol. The van der Waals surface area contributed by atoms with Gasteiger partial charge < -0.3 is 9.47 Å². The second-order valence-corrected chi connectivity index (χ2v) is 3.58. The van der Waals surface area contributed by atoms with E-state index in [0.717, 1.165) is 11.1 Å². The molecule has 0 fully saturated rings. The van der Waals surface area contributed by atoms with Crippen molar-refractivity contribution in [2.45, 2.75) is 0 Å². The number of rotatable bonds is 3. The molecule has 0 atom stereocenters. The second kappa shape index (κ2) is 4.87. The zero-order valence-electron chi connectivity index (χ0n) is 9.74. The van der Waals surface area contributed by atoms with Crippen LogP contribution in [0.4, 0.5) is 4.39 Å². The zero-order valence-corrected chi connectivity index (χ0v) is 9.74. The Bertz CT molecular complexity index is 523. The van der Waals surface area contributed by atoms with Crippen molar-refractivity contribution in [1.29, 1.82) is 0 Å². The number of hydrogen-bond donors (Lipinski definition) is 0. The molecule has 2 aromatic rings. The Morgan fingerprint density at radius 2 is 1.76 bits per heavy atom. The quantitative estimate of drug-likeness (QED) is 0.806. The van der Waals surface area contributed by atoms with E-state index in [2.05, 4.69) is 0 Å². The second-order valence-electron chi connectivity index (χ2n) is 3.58. The van der Waals surface area contributed by atoms with E-state index >= 15 is 0 Å². The number of ether oxygens (including phenoxy) is 2. The van der Waals surface area contributed by atoms with Gasteiger partial charge in [0.25, 0.3) is 0 Å². The van der Waals surface area contributed by atoms with E-state index in [1.165, 1.54) is 12.1 Å². The van der Waals surface area contributed by atoms with E-state index in [4.69, 9.17) is 9.47 Å². The Kier molecular flexibility index (Phi) is 3.28. The van der Waals surface area contributed by atoms with Crippen molar-refractivity contribution in [2.75, 3.05) is 14.2 Å². The van der Waals surface area contributed by atoms with Gasteiger partial charge in [0.1, 0.15) is 17.3 Å². The molecule has 3 heteroatoms. The summed E-state index contributed by atoms with van der Waals surface area (Å²) in [6, 6.07) is 11.9. The molecule has 0 heterocycles. The highest BCUT2D eigenvalue weighted by molar-refractivity contribution is 5.71. The molecule has 0 aromatic heterocycles. The summed E-state index contributed by atoms with van der Waals surface area (Å²) in [6.07, 6.45) is 0. The van der Waals surface area contributed by atoms with E-state index in [-0.39, 0.29) is 5.82 Å². The molecule has 0 saturated heterocycles. The molecular formula is C14H13FO2. The van der Waals surface area contributed by atoms with Crippen LogP contribution in [0.5, 0.6) is 11.5 Å². The van der Waals surface area contributed by atoms with Gasteiger partial charge in [-0.3, -0.25) is 0 Å². The Morgan fingerprint density at radius 1 is 0.941 bits per heavy atom. The summed E-state index contributed by atoms with van der Waals surface area (Å²) in [4.78, 5) is 0. The van der Waals surface area contributed by atoms with Crippen molar-refractivity contribution in [3.63, 3.8) is 0 Å². The van der Waals surface area contributed by atoms with Gasteiger partial charge in [0.2, 0.25) is 0 Å².